The average molecular weight is 357 g/mol. The third-order valence-corrected chi connectivity index (χ3v) is 5.99. The van der Waals surface area contributed by atoms with E-state index in [4.69, 9.17) is 0 Å². The molecule has 0 amide bonds. The second kappa shape index (κ2) is 6.78. The predicted molar refractivity (Wildman–Crippen MR) is 105 cm³/mol. The molecule has 5 rings (SSSR count). The normalized spacial score (nSPS) is 30.9. The third kappa shape index (κ3) is 2.90. The van der Waals surface area contributed by atoms with Gasteiger partial charge in [0.1, 0.15) is 0 Å². The molecule has 0 spiro atoms. The van der Waals surface area contributed by atoms with Crippen molar-refractivity contribution in [2.45, 2.75) is 30.9 Å². The maximum Gasteiger partial charge on any atom is 0.0941 e. The highest BCUT2D eigenvalue weighted by Crippen LogP contribution is 2.44. The summed E-state index contributed by atoms with van der Waals surface area (Å²) >= 11 is 0. The van der Waals surface area contributed by atoms with Crippen molar-refractivity contribution >= 4 is 0 Å². The van der Waals surface area contributed by atoms with Gasteiger partial charge in [0, 0.05) is 17.8 Å². The van der Waals surface area contributed by atoms with Crippen molar-refractivity contribution in [2.24, 2.45) is 11.8 Å². The minimum absolute atomic E-state index is 0.0517. The number of hydrogen-bond acceptors (Lipinski definition) is 3. The van der Waals surface area contributed by atoms with E-state index in [9.17, 15) is 5.11 Å². The van der Waals surface area contributed by atoms with Crippen LogP contribution >= 0.6 is 0 Å². The lowest BCUT2D eigenvalue weighted by atomic mass is 9.71. The van der Waals surface area contributed by atoms with E-state index < -0.39 is 0 Å². The van der Waals surface area contributed by atoms with Gasteiger partial charge in [0.25, 0.3) is 0 Å². The van der Waals surface area contributed by atoms with Gasteiger partial charge in [0.15, 0.2) is 0 Å². The number of benzene rings is 1. The minimum Gasteiger partial charge on any atom is -0.392 e. The molecule has 4 nitrogen and oxygen atoms in total. The van der Waals surface area contributed by atoms with Crippen LogP contribution in [-0.4, -0.2) is 26.2 Å². The number of nitrogens with zero attached hydrogens (tertiary/aromatic N) is 3. The summed E-state index contributed by atoms with van der Waals surface area (Å²) in [5.41, 5.74) is 3.41. The summed E-state index contributed by atoms with van der Waals surface area (Å²) in [6.07, 6.45) is 17.4. The number of allylic oxidation sites excluding steroid dienone is 7. The van der Waals surface area contributed by atoms with Crippen LogP contribution < -0.4 is 0 Å². The van der Waals surface area contributed by atoms with Crippen LogP contribution in [0.3, 0.4) is 0 Å². The number of aliphatic hydroxyl groups is 1. The summed E-state index contributed by atoms with van der Waals surface area (Å²) in [5, 5.41) is 20.1. The first-order chi connectivity index (χ1) is 13.3. The Morgan fingerprint density at radius 3 is 2.52 bits per heavy atom. The summed E-state index contributed by atoms with van der Waals surface area (Å²) in [6, 6.07) is 10.4. The summed E-state index contributed by atoms with van der Waals surface area (Å²) in [7, 11) is 0. The topological polar surface area (TPSA) is 50.9 Å². The van der Waals surface area contributed by atoms with Gasteiger partial charge >= 0.3 is 0 Å². The molecule has 0 saturated carbocycles. The molecule has 1 unspecified atom stereocenters. The maximum atomic E-state index is 10.9. The lowest BCUT2D eigenvalue weighted by Gasteiger charge is -2.36. The monoisotopic (exact) mass is 357 g/mol. The fourth-order valence-corrected chi connectivity index (χ4v) is 4.66. The Labute approximate surface area is 159 Å². The summed E-state index contributed by atoms with van der Waals surface area (Å²) in [5.74, 6) is 0.580. The van der Waals surface area contributed by atoms with Gasteiger partial charge in [0.05, 0.1) is 24.0 Å². The second-order valence-corrected chi connectivity index (χ2v) is 7.64. The number of rotatable bonds is 2. The molecule has 27 heavy (non-hydrogen) atoms. The second-order valence-electron chi connectivity index (χ2n) is 7.64. The van der Waals surface area contributed by atoms with Gasteiger partial charge in [-0.05, 0) is 17.9 Å². The fourth-order valence-electron chi connectivity index (χ4n) is 4.66. The molecule has 2 aromatic rings. The highest BCUT2D eigenvalue weighted by atomic mass is 16.3. The maximum absolute atomic E-state index is 10.9. The molecule has 0 radical (unpaired) electrons. The zero-order valence-corrected chi connectivity index (χ0v) is 15.1. The number of fused-ring (bicyclic) bond motifs is 5. The Bertz CT molecular complexity index is 938. The van der Waals surface area contributed by atoms with Crippen LogP contribution in [0, 0.1) is 11.8 Å². The molecule has 1 N–H and O–H groups in total. The molecule has 1 heterocycles. The van der Waals surface area contributed by atoms with Crippen molar-refractivity contribution in [2.75, 3.05) is 0 Å². The van der Waals surface area contributed by atoms with Gasteiger partial charge in [-0.1, -0.05) is 84.2 Å². The van der Waals surface area contributed by atoms with E-state index in [1.807, 2.05) is 12.1 Å². The smallest absolute Gasteiger partial charge is 0.0941 e. The van der Waals surface area contributed by atoms with Crippen LogP contribution in [0.4, 0.5) is 0 Å². The summed E-state index contributed by atoms with van der Waals surface area (Å²) < 4.78 is 2.06. The summed E-state index contributed by atoms with van der Waals surface area (Å²) in [6.45, 7) is 0.712. The van der Waals surface area contributed by atoms with Crippen molar-refractivity contribution < 1.29 is 5.11 Å². The highest BCUT2D eigenvalue weighted by Gasteiger charge is 2.39. The van der Waals surface area contributed by atoms with E-state index >= 15 is 0 Å². The van der Waals surface area contributed by atoms with E-state index in [1.165, 1.54) is 11.3 Å². The average Bonchev–Trinajstić information content (AvgIpc) is 3.11. The molecule has 1 aromatic heterocycles. The molecule has 0 saturated heterocycles. The quantitative estimate of drug-likeness (QED) is 0.891. The van der Waals surface area contributed by atoms with Crippen molar-refractivity contribution in [3.63, 3.8) is 0 Å². The molecule has 4 heteroatoms. The highest BCUT2D eigenvalue weighted by molar-refractivity contribution is 5.37. The Hall–Kier alpha value is -2.72. The molecular weight excluding hydrogens is 334 g/mol. The molecule has 5 atom stereocenters. The van der Waals surface area contributed by atoms with E-state index in [0.29, 0.717) is 6.54 Å². The Kier molecular flexibility index (Phi) is 4.13. The van der Waals surface area contributed by atoms with Crippen LogP contribution in [0.15, 0.2) is 78.9 Å². The van der Waals surface area contributed by atoms with Crippen LogP contribution in [0.5, 0.6) is 0 Å². The Morgan fingerprint density at radius 2 is 1.67 bits per heavy atom. The lowest BCUT2D eigenvalue weighted by Crippen LogP contribution is -2.33. The fraction of sp³-hybridized carbons (Fsp3) is 0.304. The first-order valence-corrected chi connectivity index (χ1v) is 9.66. The van der Waals surface area contributed by atoms with Crippen molar-refractivity contribution in [1.82, 2.24) is 15.0 Å². The van der Waals surface area contributed by atoms with E-state index in [1.54, 1.807) is 0 Å². The SMILES string of the molecule is OC1C[C@@H]2C=CC=C[C@@H]2c2c(nnn2Cc2ccccc2)[C@@H]2C=CC=C[C@H]12. The van der Waals surface area contributed by atoms with Crippen molar-refractivity contribution in [3.8, 4) is 0 Å². The van der Waals surface area contributed by atoms with Crippen LogP contribution in [0.25, 0.3) is 0 Å². The lowest BCUT2D eigenvalue weighted by molar-refractivity contribution is 0.0946. The Balaban J connectivity index is 1.63. The minimum atomic E-state index is -0.382. The van der Waals surface area contributed by atoms with Gasteiger partial charge in [-0.15, -0.1) is 5.10 Å². The first-order valence-electron chi connectivity index (χ1n) is 9.66. The molecule has 0 aliphatic heterocycles. The van der Waals surface area contributed by atoms with Crippen molar-refractivity contribution in [1.29, 1.82) is 0 Å². The van der Waals surface area contributed by atoms with E-state index in [0.717, 1.165) is 12.1 Å². The third-order valence-electron chi connectivity index (χ3n) is 5.99. The van der Waals surface area contributed by atoms with Crippen molar-refractivity contribution in [3.05, 3.63) is 95.9 Å². The van der Waals surface area contributed by atoms with E-state index in [2.05, 4.69) is 81.8 Å². The number of aliphatic hydroxyl groups excluding tert-OH is 1. The Morgan fingerprint density at radius 1 is 0.926 bits per heavy atom. The molecule has 3 aliphatic rings. The number of hydrogen-bond donors (Lipinski definition) is 1. The zero-order valence-electron chi connectivity index (χ0n) is 15.1. The molecule has 3 aliphatic carbocycles. The van der Waals surface area contributed by atoms with Crippen LogP contribution in [0.2, 0.25) is 0 Å². The van der Waals surface area contributed by atoms with Gasteiger partial charge in [-0.2, -0.15) is 0 Å². The van der Waals surface area contributed by atoms with E-state index in [-0.39, 0.29) is 29.8 Å². The van der Waals surface area contributed by atoms with Gasteiger partial charge in [-0.25, -0.2) is 4.68 Å². The van der Waals surface area contributed by atoms with Crippen LogP contribution in [0.1, 0.15) is 35.2 Å². The van der Waals surface area contributed by atoms with Gasteiger partial charge in [0.2, 0.25) is 0 Å². The standard InChI is InChI=1S/C23H23N3O/c27-21-14-17-10-4-5-11-18(17)23-22(20-13-7-6-12-19(20)21)24-25-26(23)15-16-8-2-1-3-9-16/h1-13,17-21,27H,14-15H2/t17-,18-,19-,20+,21?/m0/s1. The zero-order chi connectivity index (χ0) is 18.2. The molecule has 136 valence electrons. The molecule has 0 bridgehead atoms. The largest absolute Gasteiger partial charge is 0.392 e. The number of aromatic nitrogens is 3. The van der Waals surface area contributed by atoms with Gasteiger partial charge < -0.3 is 5.11 Å². The molecule has 0 fully saturated rings. The summed E-state index contributed by atoms with van der Waals surface area (Å²) in [4.78, 5) is 0. The predicted octanol–water partition coefficient (Wildman–Crippen LogP) is 3.74. The molecular formula is C23H23N3O. The molecule has 1 aromatic carbocycles. The van der Waals surface area contributed by atoms with Gasteiger partial charge in [-0.3, -0.25) is 0 Å². The first kappa shape index (κ1) is 16.5. The van der Waals surface area contributed by atoms with Crippen LogP contribution in [-0.2, 0) is 6.54 Å².